The van der Waals surface area contributed by atoms with Crippen LogP contribution in [0.15, 0.2) is 40.3 Å². The number of hydrogen-bond acceptors (Lipinski definition) is 5. The van der Waals surface area contributed by atoms with Crippen LogP contribution in [0.25, 0.3) is 16.4 Å². The minimum Gasteiger partial charge on any atom is -0.336 e. The molecule has 0 saturated carbocycles. The van der Waals surface area contributed by atoms with E-state index in [-0.39, 0.29) is 29.7 Å². The lowest BCUT2D eigenvalue weighted by Crippen LogP contribution is -2.56. The average molecular weight is 601 g/mol. The molecule has 2 unspecified atom stereocenters. The van der Waals surface area contributed by atoms with Crippen LogP contribution < -0.4 is 0 Å². The minimum absolute atomic E-state index is 0.0131. The van der Waals surface area contributed by atoms with Crippen molar-refractivity contribution in [3.05, 3.63) is 51.6 Å². The van der Waals surface area contributed by atoms with Gasteiger partial charge in [0.05, 0.1) is 23.1 Å². The predicted octanol–water partition coefficient (Wildman–Crippen LogP) is 6.77. The third-order valence-electron chi connectivity index (χ3n) is 7.34. The summed E-state index contributed by atoms with van der Waals surface area (Å²) in [4.78, 5) is 35.6. The molecule has 1 fully saturated rings. The monoisotopic (exact) mass is 599 g/mol. The summed E-state index contributed by atoms with van der Waals surface area (Å²) in [5.74, 6) is 0.370. The van der Waals surface area contributed by atoms with Gasteiger partial charge in [-0.15, -0.1) is 11.3 Å². The van der Waals surface area contributed by atoms with E-state index in [0.29, 0.717) is 25.2 Å². The van der Waals surface area contributed by atoms with Crippen LogP contribution in [0.2, 0.25) is 0 Å². The van der Waals surface area contributed by atoms with Crippen molar-refractivity contribution in [2.45, 2.75) is 72.3 Å². The van der Waals surface area contributed by atoms with Crippen molar-refractivity contribution < 1.29 is 9.59 Å². The van der Waals surface area contributed by atoms with Crippen molar-refractivity contribution in [3.8, 4) is 16.4 Å². The zero-order chi connectivity index (χ0) is 27.4. The molecule has 4 rings (SSSR count). The van der Waals surface area contributed by atoms with Crippen LogP contribution in [0.1, 0.15) is 82.3 Å². The second kappa shape index (κ2) is 12.6. The first kappa shape index (κ1) is 28.5. The SMILES string of the molecule is CCCCC(CC)C(=O)N1CCN(C(=O)c2cnn(-c3nc(-c4ccc(Br)cc4)cs3)c2C(C)C)CC1C. The van der Waals surface area contributed by atoms with Gasteiger partial charge >= 0.3 is 0 Å². The summed E-state index contributed by atoms with van der Waals surface area (Å²) in [5, 5.41) is 7.38. The van der Waals surface area contributed by atoms with Gasteiger partial charge in [-0.1, -0.05) is 68.6 Å². The van der Waals surface area contributed by atoms with E-state index in [4.69, 9.17) is 4.98 Å². The second-order valence-electron chi connectivity index (χ2n) is 10.4. The summed E-state index contributed by atoms with van der Waals surface area (Å²) in [6.45, 7) is 12.1. The highest BCUT2D eigenvalue weighted by Crippen LogP contribution is 2.30. The Morgan fingerprint density at radius 3 is 2.53 bits per heavy atom. The minimum atomic E-state index is -0.0263. The molecular weight excluding hydrogens is 562 g/mol. The highest BCUT2D eigenvalue weighted by Gasteiger charge is 2.34. The number of thiazole rings is 1. The number of carbonyl (C=O) groups is 2. The highest BCUT2D eigenvalue weighted by molar-refractivity contribution is 9.10. The summed E-state index contributed by atoms with van der Waals surface area (Å²) in [6, 6.07) is 8.05. The van der Waals surface area contributed by atoms with E-state index in [9.17, 15) is 9.59 Å². The molecule has 0 radical (unpaired) electrons. The number of nitrogens with zero attached hydrogens (tertiary/aromatic N) is 5. The Balaban J connectivity index is 1.51. The molecule has 0 N–H and O–H groups in total. The van der Waals surface area contributed by atoms with Crippen molar-refractivity contribution in [3.63, 3.8) is 0 Å². The zero-order valence-corrected chi connectivity index (χ0v) is 25.4. The lowest BCUT2D eigenvalue weighted by Gasteiger charge is -2.41. The molecule has 3 heterocycles. The van der Waals surface area contributed by atoms with Crippen molar-refractivity contribution >= 4 is 39.1 Å². The van der Waals surface area contributed by atoms with Crippen LogP contribution in [0, 0.1) is 5.92 Å². The molecule has 2 amide bonds. The number of rotatable bonds is 9. The Labute approximate surface area is 238 Å². The van der Waals surface area contributed by atoms with Crippen molar-refractivity contribution in [2.24, 2.45) is 5.92 Å². The molecule has 1 aliphatic rings. The highest BCUT2D eigenvalue weighted by atomic mass is 79.9. The molecule has 204 valence electrons. The van der Waals surface area contributed by atoms with E-state index in [1.165, 1.54) is 11.3 Å². The second-order valence-corrected chi connectivity index (χ2v) is 12.2. The maximum Gasteiger partial charge on any atom is 0.257 e. The standard InChI is InChI=1S/C29H38BrN5O2S/c1-6-8-9-21(7-2)27(36)34-15-14-33(17-20(34)5)28(37)24-16-31-35(26(24)19(3)4)29-32-25(18-38-29)22-10-12-23(30)13-11-22/h10-13,16,18-21H,6-9,14-15,17H2,1-5H3. The van der Waals surface area contributed by atoms with E-state index < -0.39 is 0 Å². The Hall–Kier alpha value is -2.52. The van der Waals surface area contributed by atoms with Crippen molar-refractivity contribution in [2.75, 3.05) is 19.6 Å². The molecule has 1 saturated heterocycles. The maximum atomic E-state index is 13.7. The van der Waals surface area contributed by atoms with Crippen LogP contribution in [0.4, 0.5) is 0 Å². The third-order valence-corrected chi connectivity index (χ3v) is 8.69. The van der Waals surface area contributed by atoms with Gasteiger partial charge in [0, 0.05) is 47.0 Å². The van der Waals surface area contributed by atoms with Gasteiger partial charge in [-0.2, -0.15) is 5.10 Å². The first-order valence-electron chi connectivity index (χ1n) is 13.6. The lowest BCUT2D eigenvalue weighted by atomic mass is 9.96. The Kier molecular flexibility index (Phi) is 9.41. The predicted molar refractivity (Wildman–Crippen MR) is 157 cm³/mol. The molecule has 3 aromatic rings. The molecule has 0 aliphatic carbocycles. The van der Waals surface area contributed by atoms with E-state index >= 15 is 0 Å². The fourth-order valence-corrected chi connectivity index (χ4v) is 6.24. The first-order chi connectivity index (χ1) is 18.2. The number of hydrogen-bond donors (Lipinski definition) is 0. The van der Waals surface area contributed by atoms with Gasteiger partial charge in [-0.05, 0) is 37.8 Å². The number of aromatic nitrogens is 3. The molecule has 0 bridgehead atoms. The molecule has 1 aliphatic heterocycles. The molecule has 2 aromatic heterocycles. The zero-order valence-electron chi connectivity index (χ0n) is 23.0. The largest absolute Gasteiger partial charge is 0.336 e. The number of amides is 2. The fourth-order valence-electron chi connectivity index (χ4n) is 5.17. The van der Waals surface area contributed by atoms with E-state index in [2.05, 4.69) is 55.6 Å². The van der Waals surface area contributed by atoms with Crippen molar-refractivity contribution in [1.29, 1.82) is 0 Å². The van der Waals surface area contributed by atoms with Crippen LogP contribution in [-0.2, 0) is 4.79 Å². The van der Waals surface area contributed by atoms with Gasteiger partial charge in [0.25, 0.3) is 5.91 Å². The van der Waals surface area contributed by atoms with Gasteiger partial charge in [-0.3, -0.25) is 9.59 Å². The van der Waals surface area contributed by atoms with Crippen LogP contribution in [-0.4, -0.2) is 62.1 Å². The Morgan fingerprint density at radius 2 is 1.89 bits per heavy atom. The van der Waals surface area contributed by atoms with Gasteiger partial charge in [0.2, 0.25) is 11.0 Å². The summed E-state index contributed by atoms with van der Waals surface area (Å²) in [5.41, 5.74) is 3.39. The number of halogens is 1. The van der Waals surface area contributed by atoms with E-state index in [1.807, 2.05) is 44.1 Å². The number of unbranched alkanes of at least 4 members (excludes halogenated alkanes) is 1. The first-order valence-corrected chi connectivity index (χ1v) is 15.3. The fraction of sp³-hybridized carbons (Fsp3) is 0.517. The molecular formula is C29H38BrN5O2S. The van der Waals surface area contributed by atoms with Gasteiger partial charge < -0.3 is 9.80 Å². The summed E-state index contributed by atoms with van der Waals surface area (Å²) < 4.78 is 2.84. The van der Waals surface area contributed by atoms with Gasteiger partial charge in [0.1, 0.15) is 0 Å². The van der Waals surface area contributed by atoms with Crippen LogP contribution in [0.3, 0.4) is 0 Å². The van der Waals surface area contributed by atoms with Crippen LogP contribution in [0.5, 0.6) is 0 Å². The third kappa shape index (κ3) is 6.04. The number of carbonyl (C=O) groups excluding carboxylic acids is 2. The van der Waals surface area contributed by atoms with Crippen LogP contribution >= 0.6 is 27.3 Å². The molecule has 38 heavy (non-hydrogen) atoms. The van der Waals surface area contributed by atoms with Gasteiger partial charge in [0.15, 0.2) is 0 Å². The maximum absolute atomic E-state index is 13.7. The van der Waals surface area contributed by atoms with Crippen molar-refractivity contribution in [1.82, 2.24) is 24.6 Å². The summed E-state index contributed by atoms with van der Waals surface area (Å²) >= 11 is 5.00. The molecule has 7 nitrogen and oxygen atoms in total. The van der Waals surface area contributed by atoms with E-state index in [0.717, 1.165) is 52.2 Å². The lowest BCUT2D eigenvalue weighted by molar-refractivity contribution is -0.140. The Morgan fingerprint density at radius 1 is 1.16 bits per heavy atom. The van der Waals surface area contributed by atoms with Gasteiger partial charge in [-0.25, -0.2) is 9.67 Å². The van der Waals surface area contributed by atoms with E-state index in [1.54, 1.807) is 6.20 Å². The average Bonchev–Trinajstić information content (AvgIpc) is 3.57. The smallest absolute Gasteiger partial charge is 0.257 e. The summed E-state index contributed by atoms with van der Waals surface area (Å²) in [6.07, 6.45) is 5.65. The summed E-state index contributed by atoms with van der Waals surface area (Å²) in [7, 11) is 0. The molecule has 0 spiro atoms. The quantitative estimate of drug-likeness (QED) is 0.272. The number of benzene rings is 1. The topological polar surface area (TPSA) is 71.3 Å². The normalized spacial score (nSPS) is 16.8. The molecule has 1 aromatic carbocycles. The Bertz CT molecular complexity index is 1250. The molecule has 2 atom stereocenters. The number of piperazine rings is 1. The molecule has 9 heteroatoms.